The normalized spacial score (nSPS) is 19.1. The molecule has 5 heteroatoms. The van der Waals surface area contributed by atoms with Crippen molar-refractivity contribution >= 4 is 51.6 Å². The Kier molecular flexibility index (Phi) is 2.71. The average molecular weight is 241 g/mol. The van der Waals surface area contributed by atoms with Gasteiger partial charge in [-0.15, -0.1) is 11.3 Å². The van der Waals surface area contributed by atoms with Gasteiger partial charge in [0.15, 0.2) is 0 Å². The highest BCUT2D eigenvalue weighted by Crippen LogP contribution is 2.27. The van der Waals surface area contributed by atoms with Crippen LogP contribution in [-0.2, 0) is 4.79 Å². The number of amides is 1. The minimum atomic E-state index is -0.0916. The zero-order valence-electron chi connectivity index (χ0n) is 7.37. The third-order valence-electron chi connectivity index (χ3n) is 1.68. The highest BCUT2D eigenvalue weighted by atomic mass is 32.2. The van der Waals surface area contributed by atoms with Gasteiger partial charge in [-0.25, -0.2) is 0 Å². The first kappa shape index (κ1) is 9.89. The summed E-state index contributed by atoms with van der Waals surface area (Å²) in [5, 5.41) is 2.59. The quantitative estimate of drug-likeness (QED) is 0.605. The summed E-state index contributed by atoms with van der Waals surface area (Å²) in [5.41, 5.74) is 0. The van der Waals surface area contributed by atoms with Crippen LogP contribution in [0.5, 0.6) is 0 Å². The molecule has 14 heavy (non-hydrogen) atoms. The molecule has 2 heterocycles. The molecule has 1 aliphatic heterocycles. The van der Waals surface area contributed by atoms with Gasteiger partial charge in [-0.3, -0.25) is 4.79 Å². The van der Waals surface area contributed by atoms with Crippen molar-refractivity contribution in [2.75, 3.05) is 0 Å². The van der Waals surface area contributed by atoms with Crippen LogP contribution in [0.3, 0.4) is 0 Å². The fraction of sp³-hybridized carbons (Fsp3) is 0.111. The second-order valence-electron chi connectivity index (χ2n) is 2.80. The minimum Gasteiger partial charge on any atom is -0.307 e. The number of hydrogen-bond acceptors (Lipinski definition) is 4. The van der Waals surface area contributed by atoms with Gasteiger partial charge < -0.3 is 5.32 Å². The van der Waals surface area contributed by atoms with Crippen molar-refractivity contribution in [1.29, 1.82) is 0 Å². The molecule has 0 bridgehead atoms. The van der Waals surface area contributed by atoms with Crippen LogP contribution in [-0.4, -0.2) is 10.2 Å². The van der Waals surface area contributed by atoms with E-state index in [1.165, 1.54) is 16.6 Å². The van der Waals surface area contributed by atoms with E-state index in [1.54, 1.807) is 11.3 Å². The SMILES string of the molecule is Cc1ccc(C=C2SC(=S)NC2=O)s1. The molecular weight excluding hydrogens is 234 g/mol. The topological polar surface area (TPSA) is 29.1 Å². The van der Waals surface area contributed by atoms with Crippen molar-refractivity contribution < 1.29 is 4.79 Å². The van der Waals surface area contributed by atoms with Crippen LogP contribution in [0.2, 0.25) is 0 Å². The number of thioether (sulfide) groups is 1. The Bertz CT molecular complexity index is 433. The van der Waals surface area contributed by atoms with E-state index in [0.29, 0.717) is 9.23 Å². The third kappa shape index (κ3) is 2.05. The van der Waals surface area contributed by atoms with Crippen LogP contribution in [0.1, 0.15) is 9.75 Å². The summed E-state index contributed by atoms with van der Waals surface area (Å²) in [4.78, 5) is 14.3. The summed E-state index contributed by atoms with van der Waals surface area (Å²) < 4.78 is 0.537. The fourth-order valence-corrected chi connectivity index (χ4v) is 3.01. The molecule has 0 spiro atoms. The largest absolute Gasteiger partial charge is 0.307 e. The summed E-state index contributed by atoms with van der Waals surface area (Å²) in [7, 11) is 0. The van der Waals surface area contributed by atoms with Crippen molar-refractivity contribution in [3.05, 3.63) is 26.8 Å². The lowest BCUT2D eigenvalue weighted by molar-refractivity contribution is -0.115. The summed E-state index contributed by atoms with van der Waals surface area (Å²) in [5.74, 6) is -0.0916. The summed E-state index contributed by atoms with van der Waals surface area (Å²) >= 11 is 7.87. The lowest BCUT2D eigenvalue weighted by Crippen LogP contribution is -2.17. The van der Waals surface area contributed by atoms with Crippen LogP contribution >= 0.6 is 35.3 Å². The number of carbonyl (C=O) groups excluding carboxylic acids is 1. The second-order valence-corrected chi connectivity index (χ2v) is 5.84. The van der Waals surface area contributed by atoms with Gasteiger partial charge in [-0.1, -0.05) is 24.0 Å². The van der Waals surface area contributed by atoms with E-state index in [-0.39, 0.29) is 5.91 Å². The summed E-state index contributed by atoms with van der Waals surface area (Å²) in [6.45, 7) is 2.04. The molecule has 1 aromatic heterocycles. The Morgan fingerprint density at radius 3 is 2.79 bits per heavy atom. The zero-order valence-corrected chi connectivity index (χ0v) is 9.81. The van der Waals surface area contributed by atoms with Crippen molar-refractivity contribution in [1.82, 2.24) is 5.32 Å². The predicted molar refractivity (Wildman–Crippen MR) is 65.4 cm³/mol. The average Bonchev–Trinajstić information content (AvgIpc) is 2.61. The molecule has 0 aromatic carbocycles. The van der Waals surface area contributed by atoms with Gasteiger partial charge in [0.2, 0.25) is 0 Å². The molecule has 0 unspecified atom stereocenters. The monoisotopic (exact) mass is 241 g/mol. The molecule has 1 amide bonds. The van der Waals surface area contributed by atoms with Gasteiger partial charge in [-0.2, -0.15) is 0 Å². The number of thiocarbonyl (C=S) groups is 1. The Hall–Kier alpha value is -0.650. The van der Waals surface area contributed by atoms with Crippen LogP contribution in [0, 0.1) is 6.92 Å². The molecule has 2 rings (SSSR count). The molecule has 1 aromatic rings. The molecule has 0 atom stereocenters. The maximum atomic E-state index is 11.3. The number of rotatable bonds is 1. The molecule has 1 aliphatic rings. The number of nitrogens with one attached hydrogen (secondary N) is 1. The van der Waals surface area contributed by atoms with Crippen LogP contribution < -0.4 is 5.32 Å². The fourth-order valence-electron chi connectivity index (χ4n) is 1.08. The maximum absolute atomic E-state index is 11.3. The first-order chi connectivity index (χ1) is 6.65. The van der Waals surface area contributed by atoms with Gasteiger partial charge in [0, 0.05) is 9.75 Å². The number of hydrogen-bond donors (Lipinski definition) is 1. The molecule has 2 nitrogen and oxygen atoms in total. The van der Waals surface area contributed by atoms with Crippen LogP contribution in [0.15, 0.2) is 17.0 Å². The first-order valence-electron chi connectivity index (χ1n) is 3.96. The zero-order chi connectivity index (χ0) is 10.1. The van der Waals surface area contributed by atoms with E-state index in [4.69, 9.17) is 12.2 Å². The van der Waals surface area contributed by atoms with Crippen LogP contribution in [0.4, 0.5) is 0 Å². The molecule has 0 saturated carbocycles. The Labute approximate surface area is 95.4 Å². The van der Waals surface area contributed by atoms with Gasteiger partial charge >= 0.3 is 0 Å². The highest BCUT2D eigenvalue weighted by molar-refractivity contribution is 8.26. The molecule has 0 aliphatic carbocycles. The number of aryl methyl sites for hydroxylation is 1. The Morgan fingerprint density at radius 2 is 2.29 bits per heavy atom. The van der Waals surface area contributed by atoms with E-state index in [2.05, 4.69) is 5.32 Å². The van der Waals surface area contributed by atoms with Gasteiger partial charge in [0.1, 0.15) is 4.32 Å². The lowest BCUT2D eigenvalue weighted by atomic mass is 10.4. The minimum absolute atomic E-state index is 0.0916. The van der Waals surface area contributed by atoms with E-state index < -0.39 is 0 Å². The van der Waals surface area contributed by atoms with Crippen LogP contribution in [0.25, 0.3) is 6.08 Å². The molecule has 1 saturated heterocycles. The summed E-state index contributed by atoms with van der Waals surface area (Å²) in [6, 6.07) is 4.04. The summed E-state index contributed by atoms with van der Waals surface area (Å²) in [6.07, 6.45) is 1.87. The second kappa shape index (κ2) is 3.84. The molecule has 1 fully saturated rings. The van der Waals surface area contributed by atoms with Crippen molar-refractivity contribution in [2.45, 2.75) is 6.92 Å². The molecule has 0 radical (unpaired) electrons. The van der Waals surface area contributed by atoms with Crippen molar-refractivity contribution in [3.63, 3.8) is 0 Å². The predicted octanol–water partition coefficient (Wildman–Crippen LogP) is 2.55. The maximum Gasteiger partial charge on any atom is 0.263 e. The van der Waals surface area contributed by atoms with E-state index in [1.807, 2.05) is 25.1 Å². The highest BCUT2D eigenvalue weighted by Gasteiger charge is 2.21. The number of carbonyl (C=O) groups is 1. The van der Waals surface area contributed by atoms with E-state index in [0.717, 1.165) is 4.88 Å². The molecule has 1 N–H and O–H groups in total. The Balaban J connectivity index is 2.27. The molecular formula is C9H7NOS3. The van der Waals surface area contributed by atoms with Crippen molar-refractivity contribution in [2.24, 2.45) is 0 Å². The Morgan fingerprint density at radius 1 is 1.50 bits per heavy atom. The molecule has 72 valence electrons. The first-order valence-corrected chi connectivity index (χ1v) is 6.00. The van der Waals surface area contributed by atoms with E-state index >= 15 is 0 Å². The van der Waals surface area contributed by atoms with E-state index in [9.17, 15) is 4.79 Å². The smallest absolute Gasteiger partial charge is 0.263 e. The van der Waals surface area contributed by atoms with Gasteiger partial charge in [-0.05, 0) is 25.1 Å². The third-order valence-corrected chi connectivity index (χ3v) is 3.79. The van der Waals surface area contributed by atoms with Crippen molar-refractivity contribution in [3.8, 4) is 0 Å². The standard InChI is InChI=1S/C9H7NOS3/c1-5-2-3-6(13-5)4-7-8(11)10-9(12)14-7/h2-4H,1H3,(H,10,11,12). The van der Waals surface area contributed by atoms with Gasteiger partial charge in [0.25, 0.3) is 5.91 Å². The lowest BCUT2D eigenvalue weighted by Gasteiger charge is -1.88. The number of thiophene rings is 1. The van der Waals surface area contributed by atoms with Gasteiger partial charge in [0.05, 0.1) is 4.91 Å².